The predicted octanol–water partition coefficient (Wildman–Crippen LogP) is 3.13. The van der Waals surface area contributed by atoms with E-state index in [-0.39, 0.29) is 5.91 Å². The van der Waals surface area contributed by atoms with E-state index < -0.39 is 0 Å². The first-order valence-electron chi connectivity index (χ1n) is 6.11. The number of rotatable bonds is 3. The molecule has 0 atom stereocenters. The van der Waals surface area contributed by atoms with Gasteiger partial charge in [0, 0.05) is 5.56 Å². The van der Waals surface area contributed by atoms with Crippen LogP contribution >= 0.6 is 0 Å². The smallest absolute Gasteiger partial charge is 0.255 e. The number of anilines is 1. The number of ether oxygens (including phenoxy) is 1. The number of nitriles is 1. The molecule has 100 valence electrons. The monoisotopic (exact) mass is 266 g/mol. The molecule has 0 aliphatic heterocycles. The molecule has 1 N–H and O–H groups in total. The van der Waals surface area contributed by atoms with E-state index >= 15 is 0 Å². The van der Waals surface area contributed by atoms with E-state index in [2.05, 4.69) is 5.32 Å². The van der Waals surface area contributed by atoms with Crippen LogP contribution in [0, 0.1) is 18.3 Å². The topological polar surface area (TPSA) is 62.1 Å². The summed E-state index contributed by atoms with van der Waals surface area (Å²) in [5, 5.41) is 11.7. The SMILES string of the molecule is COc1cc(C(=O)Nc2ccccc2C#N)ccc1C. The van der Waals surface area contributed by atoms with E-state index in [0.717, 1.165) is 5.56 Å². The number of methoxy groups -OCH3 is 1. The highest BCUT2D eigenvalue weighted by Gasteiger charge is 2.10. The highest BCUT2D eigenvalue weighted by atomic mass is 16.5. The zero-order chi connectivity index (χ0) is 14.5. The van der Waals surface area contributed by atoms with Gasteiger partial charge in [-0.1, -0.05) is 18.2 Å². The largest absolute Gasteiger partial charge is 0.496 e. The Morgan fingerprint density at radius 1 is 1.25 bits per heavy atom. The van der Waals surface area contributed by atoms with Crippen LogP contribution in [0.3, 0.4) is 0 Å². The summed E-state index contributed by atoms with van der Waals surface area (Å²) in [6.45, 7) is 1.91. The van der Waals surface area contributed by atoms with Gasteiger partial charge in [-0.25, -0.2) is 0 Å². The number of para-hydroxylation sites is 1. The molecule has 0 saturated carbocycles. The van der Waals surface area contributed by atoms with Gasteiger partial charge in [0.05, 0.1) is 18.4 Å². The van der Waals surface area contributed by atoms with Crippen molar-refractivity contribution in [3.05, 3.63) is 59.2 Å². The van der Waals surface area contributed by atoms with Gasteiger partial charge in [-0.3, -0.25) is 4.79 Å². The van der Waals surface area contributed by atoms with Gasteiger partial charge in [-0.05, 0) is 36.8 Å². The summed E-state index contributed by atoms with van der Waals surface area (Å²) < 4.78 is 5.20. The maximum absolute atomic E-state index is 12.2. The molecule has 4 heteroatoms. The van der Waals surface area contributed by atoms with Gasteiger partial charge in [0.15, 0.2) is 0 Å². The fraction of sp³-hybridized carbons (Fsp3) is 0.125. The molecule has 0 aromatic heterocycles. The van der Waals surface area contributed by atoms with Crippen molar-refractivity contribution in [3.63, 3.8) is 0 Å². The molecule has 0 unspecified atom stereocenters. The van der Waals surface area contributed by atoms with Gasteiger partial charge in [0.2, 0.25) is 0 Å². The van der Waals surface area contributed by atoms with Crippen molar-refractivity contribution in [3.8, 4) is 11.8 Å². The van der Waals surface area contributed by atoms with E-state index in [1.807, 2.05) is 19.1 Å². The molecule has 0 aliphatic carbocycles. The Balaban J connectivity index is 2.27. The average Bonchev–Trinajstić information content (AvgIpc) is 2.48. The molecular weight excluding hydrogens is 252 g/mol. The van der Waals surface area contributed by atoms with Crippen LogP contribution in [0.15, 0.2) is 42.5 Å². The molecule has 0 saturated heterocycles. The third-order valence-corrected chi connectivity index (χ3v) is 2.97. The van der Waals surface area contributed by atoms with Crippen molar-refractivity contribution in [1.82, 2.24) is 0 Å². The second-order valence-electron chi connectivity index (χ2n) is 4.30. The quantitative estimate of drug-likeness (QED) is 0.928. The first kappa shape index (κ1) is 13.6. The van der Waals surface area contributed by atoms with Crippen LogP contribution in [0.1, 0.15) is 21.5 Å². The minimum absolute atomic E-state index is 0.272. The van der Waals surface area contributed by atoms with Crippen molar-refractivity contribution in [2.24, 2.45) is 0 Å². The fourth-order valence-corrected chi connectivity index (χ4v) is 1.85. The summed E-state index contributed by atoms with van der Waals surface area (Å²) in [5.74, 6) is 0.386. The molecule has 0 heterocycles. The first-order chi connectivity index (χ1) is 9.65. The minimum Gasteiger partial charge on any atom is -0.496 e. The summed E-state index contributed by atoms with van der Waals surface area (Å²) in [6.07, 6.45) is 0. The number of carbonyl (C=O) groups is 1. The van der Waals surface area contributed by atoms with E-state index in [0.29, 0.717) is 22.6 Å². The van der Waals surface area contributed by atoms with Crippen LogP contribution in [-0.4, -0.2) is 13.0 Å². The molecule has 0 spiro atoms. The van der Waals surface area contributed by atoms with E-state index in [1.165, 1.54) is 0 Å². The Bertz CT molecular complexity index is 687. The lowest BCUT2D eigenvalue weighted by Gasteiger charge is -2.09. The Kier molecular flexibility index (Phi) is 4.02. The number of carbonyl (C=O) groups excluding carboxylic acids is 1. The Morgan fingerprint density at radius 3 is 2.70 bits per heavy atom. The summed E-state index contributed by atoms with van der Waals surface area (Å²) in [7, 11) is 1.56. The third-order valence-electron chi connectivity index (χ3n) is 2.97. The normalized spacial score (nSPS) is 9.65. The van der Waals surface area contributed by atoms with Gasteiger partial charge < -0.3 is 10.1 Å². The van der Waals surface area contributed by atoms with Crippen LogP contribution in [0.5, 0.6) is 5.75 Å². The van der Waals surface area contributed by atoms with Crippen LogP contribution < -0.4 is 10.1 Å². The zero-order valence-electron chi connectivity index (χ0n) is 11.3. The van der Waals surface area contributed by atoms with Gasteiger partial charge in [0.25, 0.3) is 5.91 Å². The lowest BCUT2D eigenvalue weighted by Crippen LogP contribution is -2.13. The number of hydrogen-bond donors (Lipinski definition) is 1. The lowest BCUT2D eigenvalue weighted by atomic mass is 10.1. The van der Waals surface area contributed by atoms with E-state index in [1.54, 1.807) is 43.5 Å². The first-order valence-corrected chi connectivity index (χ1v) is 6.11. The molecule has 0 bridgehead atoms. The van der Waals surface area contributed by atoms with Gasteiger partial charge in [-0.2, -0.15) is 5.26 Å². The van der Waals surface area contributed by atoms with Crippen molar-refractivity contribution in [2.45, 2.75) is 6.92 Å². The molecule has 1 amide bonds. The molecule has 4 nitrogen and oxygen atoms in total. The van der Waals surface area contributed by atoms with Crippen molar-refractivity contribution in [2.75, 3.05) is 12.4 Å². The Hall–Kier alpha value is -2.80. The lowest BCUT2D eigenvalue weighted by molar-refractivity contribution is 0.102. The van der Waals surface area contributed by atoms with Gasteiger partial charge in [-0.15, -0.1) is 0 Å². The summed E-state index contributed by atoms with van der Waals surface area (Å²) in [4.78, 5) is 12.2. The predicted molar refractivity (Wildman–Crippen MR) is 76.8 cm³/mol. The molecule has 2 aromatic carbocycles. The zero-order valence-corrected chi connectivity index (χ0v) is 11.3. The second-order valence-corrected chi connectivity index (χ2v) is 4.30. The highest BCUT2D eigenvalue weighted by Crippen LogP contribution is 2.20. The van der Waals surface area contributed by atoms with Crippen molar-refractivity contribution >= 4 is 11.6 Å². The Labute approximate surface area is 117 Å². The van der Waals surface area contributed by atoms with Crippen LogP contribution in [0.25, 0.3) is 0 Å². The molecule has 2 aromatic rings. The summed E-state index contributed by atoms with van der Waals surface area (Å²) >= 11 is 0. The van der Waals surface area contributed by atoms with Gasteiger partial charge >= 0.3 is 0 Å². The minimum atomic E-state index is -0.272. The van der Waals surface area contributed by atoms with Crippen LogP contribution in [0.4, 0.5) is 5.69 Å². The van der Waals surface area contributed by atoms with Crippen LogP contribution in [0.2, 0.25) is 0 Å². The molecule has 2 rings (SSSR count). The number of nitrogens with zero attached hydrogens (tertiary/aromatic N) is 1. The standard InChI is InChI=1S/C16H14N2O2/c1-11-7-8-12(9-15(11)20-2)16(19)18-14-6-4-3-5-13(14)10-17/h3-9H,1-2H3,(H,18,19). The summed E-state index contributed by atoms with van der Waals surface area (Å²) in [5.41, 5.74) is 2.38. The van der Waals surface area contributed by atoms with E-state index in [9.17, 15) is 4.79 Å². The van der Waals surface area contributed by atoms with Crippen molar-refractivity contribution in [1.29, 1.82) is 5.26 Å². The maximum Gasteiger partial charge on any atom is 0.255 e. The number of nitrogens with one attached hydrogen (secondary N) is 1. The second kappa shape index (κ2) is 5.89. The number of benzene rings is 2. The summed E-state index contributed by atoms with van der Waals surface area (Å²) in [6, 6.07) is 14.2. The molecule has 0 aliphatic rings. The number of hydrogen-bond acceptors (Lipinski definition) is 3. The van der Waals surface area contributed by atoms with Crippen molar-refractivity contribution < 1.29 is 9.53 Å². The molecule has 20 heavy (non-hydrogen) atoms. The molecule has 0 fully saturated rings. The number of amides is 1. The third kappa shape index (κ3) is 2.78. The maximum atomic E-state index is 12.2. The fourth-order valence-electron chi connectivity index (χ4n) is 1.85. The highest BCUT2D eigenvalue weighted by molar-refractivity contribution is 6.05. The van der Waals surface area contributed by atoms with Gasteiger partial charge in [0.1, 0.15) is 11.8 Å². The molecule has 0 radical (unpaired) electrons. The average molecular weight is 266 g/mol. The molecular formula is C16H14N2O2. The Morgan fingerprint density at radius 2 is 2.00 bits per heavy atom. The van der Waals surface area contributed by atoms with Crippen LogP contribution in [-0.2, 0) is 0 Å². The van der Waals surface area contributed by atoms with E-state index in [4.69, 9.17) is 10.00 Å². The number of aryl methyl sites for hydroxylation is 1.